The van der Waals surface area contributed by atoms with Gasteiger partial charge in [-0.05, 0) is 44.4 Å². The summed E-state index contributed by atoms with van der Waals surface area (Å²) in [5.74, 6) is 0.736. The lowest BCUT2D eigenvalue weighted by Crippen LogP contribution is -2.43. The van der Waals surface area contributed by atoms with Crippen LogP contribution in [0.1, 0.15) is 32.3 Å². The van der Waals surface area contributed by atoms with Crippen LogP contribution in [-0.2, 0) is 19.3 Å². The first-order chi connectivity index (χ1) is 10.2. The molecule has 2 saturated heterocycles. The first kappa shape index (κ1) is 16.0. The van der Waals surface area contributed by atoms with Gasteiger partial charge in [-0.1, -0.05) is 11.6 Å². The average Bonchev–Trinajstić information content (AvgIpc) is 2.75. The number of halogens is 1. The van der Waals surface area contributed by atoms with E-state index >= 15 is 0 Å². The molecule has 0 radical (unpaired) electrons. The van der Waals surface area contributed by atoms with E-state index in [-0.39, 0.29) is 12.2 Å². The Labute approximate surface area is 136 Å². The molecule has 7 heteroatoms. The van der Waals surface area contributed by atoms with E-state index in [1.807, 2.05) is 6.07 Å². The smallest absolute Gasteiger partial charge is 0.156 e. The third-order valence-electron chi connectivity index (χ3n) is 4.77. The van der Waals surface area contributed by atoms with Crippen molar-refractivity contribution in [1.29, 1.82) is 0 Å². The molecule has 2 atom stereocenters. The molecule has 0 N–H and O–H groups in total. The zero-order valence-electron chi connectivity index (χ0n) is 13.0. The van der Waals surface area contributed by atoms with E-state index in [4.69, 9.17) is 16.3 Å². The molecule has 1 aromatic heterocycles. The number of aromatic nitrogens is 1. The molecule has 3 rings (SSSR count). The molecular weight excluding hydrogens is 324 g/mol. The lowest BCUT2D eigenvalue weighted by molar-refractivity contribution is 0.0302. The number of sulfone groups is 1. The van der Waals surface area contributed by atoms with Gasteiger partial charge in [-0.2, -0.15) is 0 Å². The fourth-order valence-corrected chi connectivity index (χ4v) is 3.76. The van der Waals surface area contributed by atoms with Crippen LogP contribution in [0.15, 0.2) is 12.1 Å². The monoisotopic (exact) mass is 344 g/mol. The Morgan fingerprint density at radius 2 is 1.86 bits per heavy atom. The lowest BCUT2D eigenvalue weighted by Gasteiger charge is -2.34. The minimum absolute atomic E-state index is 0.242. The molecule has 2 fully saturated rings. The summed E-state index contributed by atoms with van der Waals surface area (Å²) in [4.78, 5) is 6.54. The highest BCUT2D eigenvalue weighted by Gasteiger charge is 2.36. The van der Waals surface area contributed by atoms with Crippen LogP contribution in [0.5, 0.6) is 0 Å². The van der Waals surface area contributed by atoms with Gasteiger partial charge in [0.1, 0.15) is 11.0 Å². The quantitative estimate of drug-likeness (QED) is 0.788. The third kappa shape index (κ3) is 2.84. The second-order valence-corrected chi connectivity index (χ2v) is 9.63. The van der Waals surface area contributed by atoms with Crippen LogP contribution in [0.2, 0.25) is 5.15 Å². The van der Waals surface area contributed by atoms with Crippen molar-refractivity contribution in [2.45, 2.75) is 43.6 Å². The molecule has 0 amide bonds. The SMILES string of the molecule is CC(C)(c1cc(Cl)nc(N2CC3CCC(C2)O3)c1)S(C)(=O)=O. The van der Waals surface area contributed by atoms with Gasteiger partial charge in [0.25, 0.3) is 0 Å². The molecular formula is C15H21ClN2O3S. The Hall–Kier alpha value is -0.850. The number of nitrogens with zero attached hydrogens (tertiary/aromatic N) is 2. The van der Waals surface area contributed by atoms with Gasteiger partial charge in [0.2, 0.25) is 0 Å². The van der Waals surface area contributed by atoms with Crippen LogP contribution in [0.25, 0.3) is 0 Å². The molecule has 3 heterocycles. The first-order valence-electron chi connectivity index (χ1n) is 7.45. The van der Waals surface area contributed by atoms with E-state index in [0.29, 0.717) is 10.7 Å². The molecule has 0 saturated carbocycles. The van der Waals surface area contributed by atoms with Crippen LogP contribution in [0.4, 0.5) is 5.82 Å². The van der Waals surface area contributed by atoms with E-state index in [1.165, 1.54) is 6.26 Å². The van der Waals surface area contributed by atoms with Gasteiger partial charge in [-0.15, -0.1) is 0 Å². The van der Waals surface area contributed by atoms with E-state index in [1.54, 1.807) is 19.9 Å². The molecule has 0 aromatic carbocycles. The Kier molecular flexibility index (Phi) is 3.90. The number of morpholine rings is 1. The number of ether oxygens (including phenoxy) is 1. The van der Waals surface area contributed by atoms with Gasteiger partial charge in [0, 0.05) is 19.3 Å². The van der Waals surface area contributed by atoms with Crippen molar-refractivity contribution in [1.82, 2.24) is 4.98 Å². The van der Waals surface area contributed by atoms with E-state index in [9.17, 15) is 8.42 Å². The fourth-order valence-electron chi connectivity index (χ4n) is 3.01. The summed E-state index contributed by atoms with van der Waals surface area (Å²) in [6.07, 6.45) is 3.87. The maximum Gasteiger partial charge on any atom is 0.156 e. The first-order valence-corrected chi connectivity index (χ1v) is 9.72. The minimum atomic E-state index is -3.26. The summed E-state index contributed by atoms with van der Waals surface area (Å²) in [7, 11) is -3.26. The second-order valence-electron chi connectivity index (χ2n) is 6.68. The summed E-state index contributed by atoms with van der Waals surface area (Å²) in [5.41, 5.74) is 0.670. The molecule has 22 heavy (non-hydrogen) atoms. The number of anilines is 1. The van der Waals surface area contributed by atoms with Crippen molar-refractivity contribution >= 4 is 27.3 Å². The van der Waals surface area contributed by atoms with Crippen molar-refractivity contribution < 1.29 is 13.2 Å². The largest absolute Gasteiger partial charge is 0.371 e. The summed E-state index contributed by atoms with van der Waals surface area (Å²) in [6, 6.07) is 3.48. The number of pyridine rings is 1. The molecule has 2 aliphatic rings. The van der Waals surface area contributed by atoms with Crippen LogP contribution in [-0.4, -0.2) is 45.0 Å². The van der Waals surface area contributed by atoms with Crippen LogP contribution in [0.3, 0.4) is 0 Å². The van der Waals surface area contributed by atoms with Gasteiger partial charge in [-0.3, -0.25) is 0 Å². The average molecular weight is 345 g/mol. The predicted octanol–water partition coefficient (Wildman–Crippen LogP) is 2.38. The van der Waals surface area contributed by atoms with Crippen molar-refractivity contribution in [3.05, 3.63) is 22.8 Å². The van der Waals surface area contributed by atoms with Crippen LogP contribution in [0, 0.1) is 0 Å². The van der Waals surface area contributed by atoms with Crippen molar-refractivity contribution in [2.75, 3.05) is 24.2 Å². The summed E-state index contributed by atoms with van der Waals surface area (Å²) >= 11 is 6.15. The Balaban J connectivity index is 1.97. The zero-order valence-corrected chi connectivity index (χ0v) is 14.6. The van der Waals surface area contributed by atoms with Gasteiger partial charge in [0.15, 0.2) is 9.84 Å². The Morgan fingerprint density at radius 3 is 2.41 bits per heavy atom. The fraction of sp³-hybridized carbons (Fsp3) is 0.667. The predicted molar refractivity (Wildman–Crippen MR) is 87.2 cm³/mol. The Bertz CT molecular complexity index is 678. The maximum atomic E-state index is 12.1. The van der Waals surface area contributed by atoms with Gasteiger partial charge in [0.05, 0.1) is 17.0 Å². The summed E-state index contributed by atoms with van der Waals surface area (Å²) in [6.45, 7) is 4.95. The highest BCUT2D eigenvalue weighted by Crippen LogP contribution is 2.34. The normalized spacial score (nSPS) is 25.5. The number of rotatable bonds is 3. The van der Waals surface area contributed by atoms with E-state index in [0.717, 1.165) is 31.7 Å². The third-order valence-corrected chi connectivity index (χ3v) is 7.05. The highest BCUT2D eigenvalue weighted by atomic mass is 35.5. The van der Waals surface area contributed by atoms with Gasteiger partial charge >= 0.3 is 0 Å². The van der Waals surface area contributed by atoms with Crippen molar-refractivity contribution in [3.8, 4) is 0 Å². The van der Waals surface area contributed by atoms with Crippen molar-refractivity contribution in [3.63, 3.8) is 0 Å². The topological polar surface area (TPSA) is 59.5 Å². The minimum Gasteiger partial charge on any atom is -0.371 e. The molecule has 2 unspecified atom stereocenters. The second kappa shape index (κ2) is 5.35. The lowest BCUT2D eigenvalue weighted by atomic mass is 10.0. The van der Waals surface area contributed by atoms with Gasteiger partial charge < -0.3 is 9.64 Å². The number of hydrogen-bond donors (Lipinski definition) is 0. The standard InChI is InChI=1S/C15H21ClN2O3S/c1-15(2,22(3,19)20)10-6-13(16)17-14(7-10)18-8-11-4-5-12(9-18)21-11/h6-7,11-12H,4-5,8-9H2,1-3H3. The summed E-state index contributed by atoms with van der Waals surface area (Å²) < 4.78 is 29.0. The van der Waals surface area contributed by atoms with E-state index < -0.39 is 14.6 Å². The Morgan fingerprint density at radius 1 is 1.27 bits per heavy atom. The van der Waals surface area contributed by atoms with E-state index in [2.05, 4.69) is 9.88 Å². The maximum absolute atomic E-state index is 12.1. The zero-order chi connectivity index (χ0) is 16.1. The molecule has 5 nitrogen and oxygen atoms in total. The van der Waals surface area contributed by atoms with Crippen LogP contribution >= 0.6 is 11.6 Å². The van der Waals surface area contributed by atoms with Crippen LogP contribution < -0.4 is 4.90 Å². The number of hydrogen-bond acceptors (Lipinski definition) is 5. The molecule has 2 aliphatic heterocycles. The number of fused-ring (bicyclic) bond motifs is 2. The van der Waals surface area contributed by atoms with Gasteiger partial charge in [-0.25, -0.2) is 13.4 Å². The summed E-state index contributed by atoms with van der Waals surface area (Å²) in [5, 5.41) is 0.322. The van der Waals surface area contributed by atoms with Crippen molar-refractivity contribution in [2.24, 2.45) is 0 Å². The molecule has 0 aliphatic carbocycles. The molecule has 122 valence electrons. The molecule has 2 bridgehead atoms. The molecule has 0 spiro atoms. The highest BCUT2D eigenvalue weighted by molar-refractivity contribution is 7.91. The molecule has 1 aromatic rings.